The summed E-state index contributed by atoms with van der Waals surface area (Å²) in [5.74, 6) is 0.0849. The van der Waals surface area contributed by atoms with E-state index in [1.54, 1.807) is 29.1 Å². The van der Waals surface area contributed by atoms with Crippen molar-refractivity contribution in [1.29, 1.82) is 0 Å². The predicted octanol–water partition coefficient (Wildman–Crippen LogP) is 5.13. The molecule has 1 aliphatic rings. The van der Waals surface area contributed by atoms with Crippen molar-refractivity contribution in [3.63, 3.8) is 0 Å². The van der Waals surface area contributed by atoms with E-state index in [-0.39, 0.29) is 11.8 Å². The van der Waals surface area contributed by atoms with E-state index in [1.165, 1.54) is 11.6 Å². The molecule has 0 radical (unpaired) electrons. The average molecular weight is 376 g/mol. The first-order valence-corrected chi connectivity index (χ1v) is 8.74. The molecule has 134 valence electrons. The van der Waals surface area contributed by atoms with Crippen molar-refractivity contribution in [3.05, 3.63) is 64.8 Å². The van der Waals surface area contributed by atoms with Gasteiger partial charge in [-0.2, -0.15) is 8.78 Å². The molecule has 4 nitrogen and oxygen atoms in total. The monoisotopic (exact) mass is 375 g/mol. The largest absolute Gasteiger partial charge is 0.434 e. The topological polar surface area (TPSA) is 39.9 Å². The number of nitrogens with zero attached hydrogens (tertiary/aromatic N) is 3. The first-order valence-electron chi connectivity index (χ1n) is 8.36. The van der Waals surface area contributed by atoms with Gasteiger partial charge in [-0.1, -0.05) is 35.0 Å². The number of hydrogen-bond acceptors (Lipinski definition) is 3. The molecule has 0 fully saturated rings. The first kappa shape index (κ1) is 17.0. The van der Waals surface area contributed by atoms with Gasteiger partial charge in [0.15, 0.2) is 0 Å². The predicted molar refractivity (Wildman–Crippen MR) is 94.6 cm³/mol. The zero-order valence-electron chi connectivity index (χ0n) is 13.8. The first-order chi connectivity index (χ1) is 12.6. The highest BCUT2D eigenvalue weighted by molar-refractivity contribution is 6.30. The van der Waals surface area contributed by atoms with E-state index in [0.717, 1.165) is 24.8 Å². The summed E-state index contributed by atoms with van der Waals surface area (Å²) in [6.45, 7) is -2.89. The Bertz CT molecular complexity index is 929. The number of ether oxygens (including phenoxy) is 1. The van der Waals surface area contributed by atoms with Crippen LogP contribution in [0.25, 0.3) is 11.3 Å². The van der Waals surface area contributed by atoms with Gasteiger partial charge in [-0.15, -0.1) is 5.10 Å². The molecule has 26 heavy (non-hydrogen) atoms. The zero-order valence-corrected chi connectivity index (χ0v) is 14.5. The second-order valence-electron chi connectivity index (χ2n) is 6.21. The van der Waals surface area contributed by atoms with Crippen LogP contribution >= 0.6 is 11.6 Å². The fourth-order valence-corrected chi connectivity index (χ4v) is 3.63. The minimum atomic E-state index is -2.89. The summed E-state index contributed by atoms with van der Waals surface area (Å²) in [5, 5.41) is 9.11. The molecule has 1 heterocycles. The third-order valence-electron chi connectivity index (χ3n) is 4.60. The highest BCUT2D eigenvalue weighted by Gasteiger charge is 2.24. The molecule has 0 saturated heterocycles. The maximum atomic E-state index is 12.6. The molecule has 0 aliphatic heterocycles. The van der Waals surface area contributed by atoms with Crippen molar-refractivity contribution in [1.82, 2.24) is 15.0 Å². The van der Waals surface area contributed by atoms with Gasteiger partial charge in [0.05, 0.1) is 12.2 Å². The van der Waals surface area contributed by atoms with E-state index >= 15 is 0 Å². The Hall–Kier alpha value is -2.47. The van der Waals surface area contributed by atoms with Crippen LogP contribution in [0, 0.1) is 0 Å². The van der Waals surface area contributed by atoms with E-state index in [2.05, 4.69) is 15.0 Å². The van der Waals surface area contributed by atoms with Crippen LogP contribution < -0.4 is 4.74 Å². The zero-order chi connectivity index (χ0) is 18.1. The van der Waals surface area contributed by atoms with Crippen LogP contribution in [0.1, 0.15) is 30.0 Å². The number of rotatable bonds is 4. The molecule has 1 aromatic heterocycles. The molecule has 0 bridgehead atoms. The number of aromatic nitrogens is 3. The van der Waals surface area contributed by atoms with Gasteiger partial charge in [0, 0.05) is 10.6 Å². The SMILES string of the molecule is FC(F)Oc1ccccc1-c1cn([C@@H]2CCCc3ccc(Cl)cc32)nn1. The van der Waals surface area contributed by atoms with Crippen molar-refractivity contribution in [2.45, 2.75) is 31.9 Å². The lowest BCUT2D eigenvalue weighted by atomic mass is 9.88. The Morgan fingerprint density at radius 3 is 2.88 bits per heavy atom. The average Bonchev–Trinajstić information content (AvgIpc) is 3.11. The van der Waals surface area contributed by atoms with Gasteiger partial charge in [0.1, 0.15) is 11.4 Å². The fourth-order valence-electron chi connectivity index (χ4n) is 3.45. The van der Waals surface area contributed by atoms with Gasteiger partial charge >= 0.3 is 6.61 Å². The Morgan fingerprint density at radius 2 is 2.04 bits per heavy atom. The van der Waals surface area contributed by atoms with Crippen LogP contribution in [0.2, 0.25) is 5.02 Å². The van der Waals surface area contributed by atoms with E-state index in [0.29, 0.717) is 16.3 Å². The number of alkyl halides is 2. The van der Waals surface area contributed by atoms with E-state index < -0.39 is 6.61 Å². The van der Waals surface area contributed by atoms with Crippen molar-refractivity contribution >= 4 is 11.6 Å². The van der Waals surface area contributed by atoms with E-state index in [9.17, 15) is 8.78 Å². The second-order valence-corrected chi connectivity index (χ2v) is 6.65. The summed E-state index contributed by atoms with van der Waals surface area (Å²) in [4.78, 5) is 0. The Labute approximate surface area is 154 Å². The van der Waals surface area contributed by atoms with E-state index in [1.807, 2.05) is 18.2 Å². The van der Waals surface area contributed by atoms with Gasteiger partial charge in [-0.3, -0.25) is 0 Å². The van der Waals surface area contributed by atoms with Gasteiger partial charge in [-0.05, 0) is 54.7 Å². The summed E-state index contributed by atoms with van der Waals surface area (Å²) in [5.41, 5.74) is 3.37. The van der Waals surface area contributed by atoms with Gasteiger partial charge in [0.25, 0.3) is 0 Å². The summed E-state index contributed by atoms with van der Waals surface area (Å²) in [6, 6.07) is 12.5. The van der Waals surface area contributed by atoms with Crippen molar-refractivity contribution in [2.24, 2.45) is 0 Å². The van der Waals surface area contributed by atoms with Crippen molar-refractivity contribution < 1.29 is 13.5 Å². The summed E-state index contributed by atoms with van der Waals surface area (Å²) < 4.78 is 31.7. The molecule has 0 saturated carbocycles. The van der Waals surface area contributed by atoms with Crippen LogP contribution in [-0.4, -0.2) is 21.6 Å². The van der Waals surface area contributed by atoms with Crippen LogP contribution in [0.5, 0.6) is 5.75 Å². The Kier molecular flexibility index (Phi) is 4.59. The smallest absolute Gasteiger partial charge is 0.387 e. The second kappa shape index (κ2) is 7.03. The highest BCUT2D eigenvalue weighted by Crippen LogP contribution is 2.35. The molecular formula is C19H16ClF2N3O. The summed E-state index contributed by atoms with van der Waals surface area (Å²) >= 11 is 6.17. The quantitative estimate of drug-likeness (QED) is 0.635. The molecule has 1 aliphatic carbocycles. The summed E-state index contributed by atoms with van der Waals surface area (Å²) in [7, 11) is 0. The number of benzene rings is 2. The summed E-state index contributed by atoms with van der Waals surface area (Å²) in [6.07, 6.45) is 4.74. The molecule has 0 spiro atoms. The molecule has 0 amide bonds. The minimum Gasteiger partial charge on any atom is -0.434 e. The van der Waals surface area contributed by atoms with Crippen LogP contribution in [0.4, 0.5) is 8.78 Å². The van der Waals surface area contributed by atoms with Crippen LogP contribution in [0.15, 0.2) is 48.7 Å². The maximum absolute atomic E-state index is 12.6. The normalized spacial score (nSPS) is 16.5. The molecular weight excluding hydrogens is 360 g/mol. The number of halogens is 3. The van der Waals surface area contributed by atoms with Gasteiger partial charge < -0.3 is 4.74 Å². The van der Waals surface area contributed by atoms with Crippen molar-refractivity contribution in [3.8, 4) is 17.0 Å². The molecule has 7 heteroatoms. The standard InChI is InChI=1S/C19H16ClF2N3O/c20-13-9-8-12-4-3-6-17(15(12)10-13)25-11-16(23-24-25)14-5-1-2-7-18(14)26-19(21)22/h1-2,5,7-11,17,19H,3-4,6H2/t17-/m1/s1. The highest BCUT2D eigenvalue weighted by atomic mass is 35.5. The van der Waals surface area contributed by atoms with Gasteiger partial charge in [-0.25, -0.2) is 4.68 Å². The number of para-hydroxylation sites is 1. The van der Waals surface area contributed by atoms with Crippen LogP contribution in [-0.2, 0) is 6.42 Å². The molecule has 2 aromatic carbocycles. The lowest BCUT2D eigenvalue weighted by Crippen LogP contribution is -2.17. The third kappa shape index (κ3) is 3.29. The number of hydrogen-bond donors (Lipinski definition) is 0. The maximum Gasteiger partial charge on any atom is 0.387 e. The Balaban J connectivity index is 1.70. The minimum absolute atomic E-state index is 0.0295. The number of aryl methyl sites for hydroxylation is 1. The molecule has 3 aromatic rings. The fraction of sp³-hybridized carbons (Fsp3) is 0.263. The Morgan fingerprint density at radius 1 is 1.19 bits per heavy atom. The molecule has 1 atom stereocenters. The molecule has 0 N–H and O–H groups in total. The molecule has 4 rings (SSSR count). The van der Waals surface area contributed by atoms with Crippen LogP contribution in [0.3, 0.4) is 0 Å². The van der Waals surface area contributed by atoms with Gasteiger partial charge in [0.2, 0.25) is 0 Å². The van der Waals surface area contributed by atoms with Crippen molar-refractivity contribution in [2.75, 3.05) is 0 Å². The number of fused-ring (bicyclic) bond motifs is 1. The van der Waals surface area contributed by atoms with E-state index in [4.69, 9.17) is 11.6 Å². The lowest BCUT2D eigenvalue weighted by Gasteiger charge is -2.25. The third-order valence-corrected chi connectivity index (χ3v) is 4.83. The lowest BCUT2D eigenvalue weighted by molar-refractivity contribution is -0.0494. The molecule has 0 unspecified atom stereocenters.